The van der Waals surface area contributed by atoms with Gasteiger partial charge in [0.1, 0.15) is 5.69 Å². The van der Waals surface area contributed by atoms with Crippen LogP contribution >= 0.6 is 11.3 Å². The fraction of sp³-hybridized carbons (Fsp3) is 0.100. The Balaban J connectivity index is 1.92. The van der Waals surface area contributed by atoms with Gasteiger partial charge in [-0.25, -0.2) is 4.98 Å². The van der Waals surface area contributed by atoms with Gasteiger partial charge in [-0.1, -0.05) is 12.1 Å². The molecule has 0 fully saturated rings. The van der Waals surface area contributed by atoms with Crippen molar-refractivity contribution in [2.75, 3.05) is 0 Å². The first-order chi connectivity index (χ1) is 6.93. The van der Waals surface area contributed by atoms with Crippen LogP contribution in [0.1, 0.15) is 12.0 Å². The Hall–Kier alpha value is -1.55. The summed E-state index contributed by atoms with van der Waals surface area (Å²) in [7, 11) is 0. The number of thiazole rings is 1. The highest BCUT2D eigenvalue weighted by atomic mass is 32.1. The monoisotopic (exact) mass is 205 g/mol. The van der Waals surface area contributed by atoms with Crippen LogP contribution in [0.5, 0.6) is 11.5 Å². The number of fused-ring (bicyclic) bond motifs is 1. The van der Waals surface area contributed by atoms with Gasteiger partial charge in [0, 0.05) is 5.38 Å². The number of nitrogens with zero attached hydrogens (tertiary/aromatic N) is 1. The molecule has 4 heteroatoms. The van der Waals surface area contributed by atoms with E-state index in [0.717, 1.165) is 17.2 Å². The standard InChI is InChI=1S/C10H7NO2S/c1-2-4-9-8(3-1)12-10(13-9)7-5-14-6-11-7/h1-6,10H. The second-order valence-electron chi connectivity index (χ2n) is 2.93. The second kappa shape index (κ2) is 2.99. The number of hydrogen-bond acceptors (Lipinski definition) is 4. The third-order valence-electron chi connectivity index (χ3n) is 2.01. The molecule has 70 valence electrons. The lowest BCUT2D eigenvalue weighted by Gasteiger charge is -2.05. The van der Waals surface area contributed by atoms with Crippen LogP contribution in [-0.4, -0.2) is 4.98 Å². The minimum absolute atomic E-state index is 0.376. The summed E-state index contributed by atoms with van der Waals surface area (Å²) in [6.45, 7) is 0. The minimum Gasteiger partial charge on any atom is -0.445 e. The molecule has 0 amide bonds. The van der Waals surface area contributed by atoms with Crippen LogP contribution in [0.15, 0.2) is 35.2 Å². The van der Waals surface area contributed by atoms with Gasteiger partial charge in [-0.3, -0.25) is 0 Å². The van der Waals surface area contributed by atoms with Crippen molar-refractivity contribution in [2.24, 2.45) is 0 Å². The summed E-state index contributed by atoms with van der Waals surface area (Å²) in [5.74, 6) is 1.57. The van der Waals surface area contributed by atoms with Crippen LogP contribution in [-0.2, 0) is 0 Å². The second-order valence-corrected chi connectivity index (χ2v) is 3.65. The molecule has 0 unspecified atom stereocenters. The summed E-state index contributed by atoms with van der Waals surface area (Å²) in [5.41, 5.74) is 2.59. The van der Waals surface area contributed by atoms with E-state index in [1.54, 1.807) is 5.51 Å². The van der Waals surface area contributed by atoms with Gasteiger partial charge < -0.3 is 9.47 Å². The molecule has 2 aromatic rings. The zero-order valence-electron chi connectivity index (χ0n) is 7.21. The van der Waals surface area contributed by atoms with Gasteiger partial charge >= 0.3 is 0 Å². The molecule has 1 aromatic heterocycles. The highest BCUT2D eigenvalue weighted by Crippen LogP contribution is 2.39. The van der Waals surface area contributed by atoms with Gasteiger partial charge in [0.2, 0.25) is 0 Å². The van der Waals surface area contributed by atoms with E-state index in [4.69, 9.17) is 9.47 Å². The normalized spacial score (nSPS) is 14.6. The summed E-state index contributed by atoms with van der Waals surface area (Å²) in [6, 6.07) is 7.63. The lowest BCUT2D eigenvalue weighted by atomic mass is 10.3. The van der Waals surface area contributed by atoms with Gasteiger partial charge in [0.15, 0.2) is 11.5 Å². The molecule has 0 radical (unpaired) electrons. The first kappa shape index (κ1) is 7.82. The fourth-order valence-electron chi connectivity index (χ4n) is 1.36. The molecule has 2 heterocycles. The third-order valence-corrected chi connectivity index (χ3v) is 2.61. The van der Waals surface area contributed by atoms with E-state index in [1.165, 1.54) is 11.3 Å². The highest BCUT2D eigenvalue weighted by Gasteiger charge is 2.26. The molecule has 0 spiro atoms. The Labute approximate surface area is 84.9 Å². The summed E-state index contributed by atoms with van der Waals surface area (Å²) in [5, 5.41) is 1.93. The maximum Gasteiger partial charge on any atom is 0.285 e. The number of para-hydroxylation sites is 2. The van der Waals surface area contributed by atoms with Crippen molar-refractivity contribution >= 4 is 11.3 Å². The van der Waals surface area contributed by atoms with Crippen LogP contribution in [0.4, 0.5) is 0 Å². The third kappa shape index (κ3) is 1.15. The predicted octanol–water partition coefficient (Wildman–Crippen LogP) is 2.61. The quantitative estimate of drug-likeness (QED) is 0.717. The maximum atomic E-state index is 5.57. The molecule has 14 heavy (non-hydrogen) atoms. The molecule has 0 saturated carbocycles. The van der Waals surface area contributed by atoms with Crippen LogP contribution in [0.2, 0.25) is 0 Å². The van der Waals surface area contributed by atoms with Crippen molar-refractivity contribution in [1.29, 1.82) is 0 Å². The Morgan fingerprint density at radius 2 is 1.86 bits per heavy atom. The predicted molar refractivity (Wildman–Crippen MR) is 52.6 cm³/mol. The van der Waals surface area contributed by atoms with E-state index in [0.29, 0.717) is 0 Å². The lowest BCUT2D eigenvalue weighted by Crippen LogP contribution is -2.07. The average molecular weight is 205 g/mol. The molecule has 1 aromatic carbocycles. The zero-order valence-corrected chi connectivity index (χ0v) is 8.03. The molecule has 0 bridgehead atoms. The van der Waals surface area contributed by atoms with Crippen molar-refractivity contribution < 1.29 is 9.47 Å². The summed E-state index contributed by atoms with van der Waals surface area (Å²) >= 11 is 1.53. The van der Waals surface area contributed by atoms with Crippen molar-refractivity contribution in [3.05, 3.63) is 40.8 Å². The van der Waals surface area contributed by atoms with E-state index < -0.39 is 0 Å². The van der Waals surface area contributed by atoms with E-state index in [1.807, 2.05) is 29.6 Å². The number of hydrogen-bond donors (Lipinski definition) is 0. The van der Waals surface area contributed by atoms with Crippen molar-refractivity contribution in [1.82, 2.24) is 4.98 Å². The summed E-state index contributed by atoms with van der Waals surface area (Å²) < 4.78 is 11.1. The van der Waals surface area contributed by atoms with Crippen LogP contribution < -0.4 is 9.47 Å². The van der Waals surface area contributed by atoms with E-state index in [-0.39, 0.29) is 6.29 Å². The molecule has 1 aliphatic heterocycles. The van der Waals surface area contributed by atoms with E-state index >= 15 is 0 Å². The number of ether oxygens (including phenoxy) is 2. The minimum atomic E-state index is -0.376. The number of benzene rings is 1. The molecule has 0 N–H and O–H groups in total. The SMILES string of the molecule is c1ccc2c(c1)OC(c1cscn1)O2. The largest absolute Gasteiger partial charge is 0.445 e. The molecule has 0 saturated heterocycles. The zero-order chi connectivity index (χ0) is 9.38. The van der Waals surface area contributed by atoms with Gasteiger partial charge in [0.05, 0.1) is 5.51 Å². The topological polar surface area (TPSA) is 31.4 Å². The van der Waals surface area contributed by atoms with Crippen molar-refractivity contribution in [3.63, 3.8) is 0 Å². The van der Waals surface area contributed by atoms with E-state index in [2.05, 4.69) is 4.98 Å². The Morgan fingerprint density at radius 3 is 2.43 bits per heavy atom. The molecule has 3 rings (SSSR count). The van der Waals surface area contributed by atoms with Crippen molar-refractivity contribution in [3.8, 4) is 11.5 Å². The molecule has 0 aliphatic carbocycles. The van der Waals surface area contributed by atoms with E-state index in [9.17, 15) is 0 Å². The van der Waals surface area contributed by atoms with Gasteiger partial charge in [-0.15, -0.1) is 11.3 Å². The number of aromatic nitrogens is 1. The maximum absolute atomic E-state index is 5.57. The van der Waals surface area contributed by atoms with Crippen molar-refractivity contribution in [2.45, 2.75) is 6.29 Å². The average Bonchev–Trinajstić information content (AvgIpc) is 2.86. The Morgan fingerprint density at radius 1 is 1.14 bits per heavy atom. The van der Waals surface area contributed by atoms with Crippen LogP contribution in [0, 0.1) is 0 Å². The fourth-order valence-corrected chi connectivity index (χ4v) is 1.91. The first-order valence-corrected chi connectivity index (χ1v) is 5.18. The van der Waals surface area contributed by atoms with Crippen LogP contribution in [0.25, 0.3) is 0 Å². The smallest absolute Gasteiger partial charge is 0.285 e. The molecule has 3 nitrogen and oxygen atoms in total. The van der Waals surface area contributed by atoms with Gasteiger partial charge in [-0.05, 0) is 12.1 Å². The summed E-state index contributed by atoms with van der Waals surface area (Å²) in [6.07, 6.45) is -0.376. The summed E-state index contributed by atoms with van der Waals surface area (Å²) in [4.78, 5) is 4.15. The lowest BCUT2D eigenvalue weighted by molar-refractivity contribution is 0.0453. The van der Waals surface area contributed by atoms with Gasteiger partial charge in [0.25, 0.3) is 6.29 Å². The molecule has 0 atom stereocenters. The number of rotatable bonds is 1. The van der Waals surface area contributed by atoms with Gasteiger partial charge in [-0.2, -0.15) is 0 Å². The molecule has 1 aliphatic rings. The Kier molecular flexibility index (Phi) is 1.67. The van der Waals surface area contributed by atoms with Crippen LogP contribution in [0.3, 0.4) is 0 Å². The molecular weight excluding hydrogens is 198 g/mol. The first-order valence-electron chi connectivity index (χ1n) is 4.24. The molecular formula is C10H7NO2S. The Bertz CT molecular complexity index is 416. The highest BCUT2D eigenvalue weighted by molar-refractivity contribution is 7.07.